The van der Waals surface area contributed by atoms with Crippen LogP contribution in [0.5, 0.6) is 5.75 Å². The largest absolute Gasteiger partial charge is 0.482 e. The summed E-state index contributed by atoms with van der Waals surface area (Å²) in [6, 6.07) is 4.74. The number of anilines is 2. The number of urea groups is 1. The normalized spacial score (nSPS) is 22.6. The molecule has 3 N–H and O–H groups in total. The maximum atomic E-state index is 12.2. The SMILES string of the molecule is CN1C(=O)COc2ccc(NC(=O)NC3CCC(C(=O)O)CC3)cc21. The highest BCUT2D eigenvalue weighted by Crippen LogP contribution is 2.33. The number of carbonyl (C=O) groups excluding carboxylic acids is 2. The lowest BCUT2D eigenvalue weighted by Gasteiger charge is -2.27. The molecule has 1 saturated carbocycles. The molecule has 1 aliphatic carbocycles. The standard InChI is InChI=1S/C17H21N3O5/c1-20-13-8-12(6-7-14(13)25-9-15(20)21)19-17(24)18-11-4-2-10(3-5-11)16(22)23/h6-8,10-11H,2-5,9H2,1H3,(H,22,23)(H2,18,19,24). The average molecular weight is 347 g/mol. The molecule has 1 aliphatic heterocycles. The number of benzene rings is 1. The van der Waals surface area contributed by atoms with Crippen molar-refractivity contribution in [2.75, 3.05) is 23.9 Å². The maximum Gasteiger partial charge on any atom is 0.319 e. The van der Waals surface area contributed by atoms with E-state index in [1.807, 2.05) is 0 Å². The Labute approximate surface area is 145 Å². The summed E-state index contributed by atoms with van der Waals surface area (Å²) in [5, 5.41) is 14.6. The molecule has 25 heavy (non-hydrogen) atoms. The molecule has 0 bridgehead atoms. The van der Waals surface area contributed by atoms with Crippen molar-refractivity contribution in [3.63, 3.8) is 0 Å². The molecule has 0 unspecified atom stereocenters. The van der Waals surface area contributed by atoms with Gasteiger partial charge in [0.2, 0.25) is 0 Å². The Bertz CT molecular complexity index is 698. The van der Waals surface area contributed by atoms with Crippen LogP contribution in [0.15, 0.2) is 18.2 Å². The van der Waals surface area contributed by atoms with Crippen molar-refractivity contribution in [3.05, 3.63) is 18.2 Å². The zero-order valence-corrected chi connectivity index (χ0v) is 13.9. The second-order valence-electron chi connectivity index (χ2n) is 6.41. The van der Waals surface area contributed by atoms with Crippen molar-refractivity contribution in [1.29, 1.82) is 0 Å². The van der Waals surface area contributed by atoms with Crippen molar-refractivity contribution < 1.29 is 24.2 Å². The van der Waals surface area contributed by atoms with Crippen LogP contribution < -0.4 is 20.3 Å². The number of aliphatic carboxylic acids is 1. The van der Waals surface area contributed by atoms with Gasteiger partial charge in [-0.2, -0.15) is 0 Å². The van der Waals surface area contributed by atoms with Gasteiger partial charge in [-0.3, -0.25) is 9.59 Å². The summed E-state index contributed by atoms with van der Waals surface area (Å²) in [7, 11) is 1.66. The summed E-state index contributed by atoms with van der Waals surface area (Å²) in [5.74, 6) is -0.628. The Kier molecular flexibility index (Phi) is 4.78. The topological polar surface area (TPSA) is 108 Å². The van der Waals surface area contributed by atoms with E-state index in [0.29, 0.717) is 42.8 Å². The summed E-state index contributed by atoms with van der Waals surface area (Å²) >= 11 is 0. The number of fused-ring (bicyclic) bond motifs is 1. The fraction of sp³-hybridized carbons (Fsp3) is 0.471. The Hall–Kier alpha value is -2.77. The highest BCUT2D eigenvalue weighted by Gasteiger charge is 2.27. The molecule has 0 spiro atoms. The lowest BCUT2D eigenvalue weighted by atomic mass is 9.86. The number of ether oxygens (including phenoxy) is 1. The monoisotopic (exact) mass is 347 g/mol. The van der Waals surface area contributed by atoms with Crippen molar-refractivity contribution in [2.45, 2.75) is 31.7 Å². The van der Waals surface area contributed by atoms with Gasteiger partial charge in [-0.1, -0.05) is 0 Å². The molecule has 0 atom stereocenters. The number of hydrogen-bond acceptors (Lipinski definition) is 4. The number of carbonyl (C=O) groups is 3. The van der Waals surface area contributed by atoms with E-state index >= 15 is 0 Å². The minimum atomic E-state index is -0.766. The smallest absolute Gasteiger partial charge is 0.319 e. The van der Waals surface area contributed by atoms with E-state index in [9.17, 15) is 14.4 Å². The molecule has 8 nitrogen and oxygen atoms in total. The van der Waals surface area contributed by atoms with E-state index in [2.05, 4.69) is 10.6 Å². The Balaban J connectivity index is 1.57. The number of amides is 3. The Morgan fingerprint density at radius 3 is 2.64 bits per heavy atom. The van der Waals surface area contributed by atoms with Gasteiger partial charge in [-0.25, -0.2) is 4.79 Å². The number of likely N-dealkylation sites (N-methyl/N-ethyl adjacent to an activating group) is 1. The Morgan fingerprint density at radius 2 is 1.96 bits per heavy atom. The second kappa shape index (κ2) is 7.00. The van der Waals surface area contributed by atoms with Crippen LogP contribution in [0.3, 0.4) is 0 Å². The van der Waals surface area contributed by atoms with Gasteiger partial charge < -0.3 is 25.4 Å². The highest BCUT2D eigenvalue weighted by molar-refractivity contribution is 5.99. The van der Waals surface area contributed by atoms with Gasteiger partial charge in [0.1, 0.15) is 5.75 Å². The minimum absolute atomic E-state index is 0.00970. The van der Waals surface area contributed by atoms with Crippen LogP contribution in [0, 0.1) is 5.92 Å². The summed E-state index contributed by atoms with van der Waals surface area (Å²) in [4.78, 5) is 36.3. The van der Waals surface area contributed by atoms with Crippen molar-refractivity contribution in [2.24, 2.45) is 5.92 Å². The predicted molar refractivity (Wildman–Crippen MR) is 90.9 cm³/mol. The predicted octanol–water partition coefficient (Wildman–Crippen LogP) is 1.81. The molecule has 3 rings (SSSR count). The van der Waals surface area contributed by atoms with Crippen molar-refractivity contribution in [3.8, 4) is 5.75 Å². The fourth-order valence-electron chi connectivity index (χ4n) is 3.19. The summed E-state index contributed by atoms with van der Waals surface area (Å²) in [6.07, 6.45) is 2.45. The van der Waals surface area contributed by atoms with E-state index in [1.165, 1.54) is 4.90 Å². The fourth-order valence-corrected chi connectivity index (χ4v) is 3.19. The number of hydrogen-bond donors (Lipinski definition) is 3. The van der Waals surface area contributed by atoms with E-state index in [4.69, 9.17) is 9.84 Å². The molecular formula is C17H21N3O5. The third-order valence-corrected chi connectivity index (χ3v) is 4.72. The zero-order chi connectivity index (χ0) is 18.0. The van der Waals surface area contributed by atoms with Gasteiger partial charge in [-0.15, -0.1) is 0 Å². The first kappa shape index (κ1) is 17.1. The highest BCUT2D eigenvalue weighted by atomic mass is 16.5. The number of nitrogens with one attached hydrogen (secondary N) is 2. The first-order valence-corrected chi connectivity index (χ1v) is 8.28. The van der Waals surface area contributed by atoms with E-state index in [1.54, 1.807) is 25.2 Å². The lowest BCUT2D eigenvalue weighted by Crippen LogP contribution is -2.41. The van der Waals surface area contributed by atoms with Crippen molar-refractivity contribution in [1.82, 2.24) is 5.32 Å². The number of nitrogens with zero attached hydrogens (tertiary/aromatic N) is 1. The molecule has 1 heterocycles. The molecule has 2 aliphatic rings. The second-order valence-corrected chi connectivity index (χ2v) is 6.41. The molecule has 8 heteroatoms. The molecule has 0 aromatic heterocycles. The molecule has 1 aromatic carbocycles. The van der Waals surface area contributed by atoms with Gasteiger partial charge in [0, 0.05) is 18.8 Å². The summed E-state index contributed by atoms with van der Waals surface area (Å²) < 4.78 is 5.35. The molecule has 0 radical (unpaired) electrons. The minimum Gasteiger partial charge on any atom is -0.482 e. The number of carboxylic acid groups (broad SMARTS) is 1. The van der Waals surface area contributed by atoms with Gasteiger partial charge in [-0.05, 0) is 43.9 Å². The quantitative estimate of drug-likeness (QED) is 0.773. The third kappa shape index (κ3) is 3.84. The van der Waals surface area contributed by atoms with Crippen LogP contribution in [0.4, 0.5) is 16.2 Å². The van der Waals surface area contributed by atoms with Crippen molar-refractivity contribution >= 4 is 29.3 Å². The Morgan fingerprint density at radius 1 is 1.24 bits per heavy atom. The van der Waals surface area contributed by atoms with Crippen LogP contribution in [-0.4, -0.2) is 42.7 Å². The molecule has 1 fully saturated rings. The van der Waals surface area contributed by atoms with Crippen LogP contribution in [0.2, 0.25) is 0 Å². The number of rotatable bonds is 3. The van der Waals surface area contributed by atoms with Crippen LogP contribution in [0.1, 0.15) is 25.7 Å². The van der Waals surface area contributed by atoms with E-state index in [0.717, 1.165) is 0 Å². The van der Waals surface area contributed by atoms with Gasteiger partial charge >= 0.3 is 12.0 Å². The zero-order valence-electron chi connectivity index (χ0n) is 13.9. The first-order chi connectivity index (χ1) is 11.9. The molecule has 0 saturated heterocycles. The lowest BCUT2D eigenvalue weighted by molar-refractivity contribution is -0.142. The maximum absolute atomic E-state index is 12.2. The van der Waals surface area contributed by atoms with Gasteiger partial charge in [0.25, 0.3) is 5.91 Å². The van der Waals surface area contributed by atoms with Gasteiger partial charge in [0.15, 0.2) is 6.61 Å². The molecule has 134 valence electrons. The van der Waals surface area contributed by atoms with E-state index in [-0.39, 0.29) is 30.5 Å². The molecule has 3 amide bonds. The van der Waals surface area contributed by atoms with Crippen LogP contribution in [0.25, 0.3) is 0 Å². The van der Waals surface area contributed by atoms with Crippen LogP contribution in [-0.2, 0) is 9.59 Å². The average Bonchev–Trinajstić information content (AvgIpc) is 2.59. The van der Waals surface area contributed by atoms with E-state index < -0.39 is 5.97 Å². The first-order valence-electron chi connectivity index (χ1n) is 8.28. The van der Waals surface area contributed by atoms with Gasteiger partial charge in [0.05, 0.1) is 11.6 Å². The summed E-state index contributed by atoms with van der Waals surface area (Å²) in [5.41, 5.74) is 1.16. The molecule has 1 aromatic rings. The number of carboxylic acids is 1. The third-order valence-electron chi connectivity index (χ3n) is 4.72. The summed E-state index contributed by atoms with van der Waals surface area (Å²) in [6.45, 7) is 0.00970. The van der Waals surface area contributed by atoms with Crippen LogP contribution >= 0.6 is 0 Å². The molecular weight excluding hydrogens is 326 g/mol.